The molecule has 2 amide bonds. The number of carbonyl (C=O) groups excluding carboxylic acids is 2. The van der Waals surface area contributed by atoms with Gasteiger partial charge in [0.2, 0.25) is 0 Å². The Morgan fingerprint density at radius 1 is 1.07 bits per heavy atom. The molecule has 0 spiro atoms. The molecule has 2 N–H and O–H groups in total. The number of rotatable bonds is 6. The van der Waals surface area contributed by atoms with Crippen molar-refractivity contribution in [2.24, 2.45) is 0 Å². The minimum absolute atomic E-state index is 0.267. The number of aromatic nitrogens is 4. The lowest BCUT2D eigenvalue weighted by molar-refractivity contribution is 0.0942. The zero-order valence-corrected chi connectivity index (χ0v) is 16.8. The Morgan fingerprint density at radius 2 is 1.93 bits per heavy atom. The van der Waals surface area contributed by atoms with Crippen molar-refractivity contribution in [1.29, 1.82) is 0 Å². The van der Waals surface area contributed by atoms with Crippen molar-refractivity contribution in [1.82, 2.24) is 29.8 Å². The quantitative estimate of drug-likeness (QED) is 0.518. The maximum atomic E-state index is 12.8. The highest BCUT2D eigenvalue weighted by molar-refractivity contribution is 6.01. The molecule has 4 aromatic rings. The molecule has 4 rings (SSSR count). The molecule has 3 aromatic heterocycles. The first-order chi connectivity index (χ1) is 14.5. The maximum Gasteiger partial charge on any atom is 0.271 e. The summed E-state index contributed by atoms with van der Waals surface area (Å²) in [5, 5.41) is 9.99. The number of hydrogen-bond acceptors (Lipinski definition) is 4. The first kappa shape index (κ1) is 19.4. The highest BCUT2D eigenvalue weighted by atomic mass is 16.2. The number of amides is 2. The van der Waals surface area contributed by atoms with Crippen LogP contribution in [0.5, 0.6) is 0 Å². The summed E-state index contributed by atoms with van der Waals surface area (Å²) in [5.74, 6) is -0.534. The van der Waals surface area contributed by atoms with Crippen molar-refractivity contribution in [2.45, 2.75) is 20.4 Å². The largest absolute Gasteiger partial charge is 0.351 e. The highest BCUT2D eigenvalue weighted by Gasteiger charge is 2.16. The van der Waals surface area contributed by atoms with E-state index in [1.807, 2.05) is 44.3 Å². The summed E-state index contributed by atoms with van der Waals surface area (Å²) in [6.07, 6.45) is 6.99. The van der Waals surface area contributed by atoms with E-state index in [0.717, 1.165) is 16.8 Å². The average molecular weight is 402 g/mol. The molecule has 0 aliphatic heterocycles. The van der Waals surface area contributed by atoms with Gasteiger partial charge in [0.25, 0.3) is 11.8 Å². The number of nitrogens with one attached hydrogen (secondary N) is 2. The van der Waals surface area contributed by atoms with Crippen molar-refractivity contribution in [3.8, 4) is 5.69 Å². The van der Waals surface area contributed by atoms with Crippen LogP contribution >= 0.6 is 0 Å². The molecule has 3 heterocycles. The van der Waals surface area contributed by atoms with E-state index in [4.69, 9.17) is 0 Å². The first-order valence-corrected chi connectivity index (χ1v) is 9.70. The molecular weight excluding hydrogens is 380 g/mol. The normalized spacial score (nSPS) is 10.9. The molecule has 0 radical (unpaired) electrons. The van der Waals surface area contributed by atoms with Gasteiger partial charge < -0.3 is 15.0 Å². The van der Waals surface area contributed by atoms with Gasteiger partial charge in [-0.1, -0.05) is 12.1 Å². The number of aryl methyl sites for hydroxylation is 1. The van der Waals surface area contributed by atoms with Gasteiger partial charge in [0.15, 0.2) is 5.65 Å². The van der Waals surface area contributed by atoms with Crippen LogP contribution in [0.15, 0.2) is 61.2 Å². The molecule has 0 aliphatic rings. The molecule has 152 valence electrons. The smallest absolute Gasteiger partial charge is 0.271 e. The Kier molecular flexibility index (Phi) is 5.30. The van der Waals surface area contributed by atoms with E-state index in [1.54, 1.807) is 39.8 Å². The summed E-state index contributed by atoms with van der Waals surface area (Å²) in [5.41, 5.74) is 4.11. The Labute approximate surface area is 173 Å². The number of carbonyl (C=O) groups is 2. The van der Waals surface area contributed by atoms with E-state index in [9.17, 15) is 9.59 Å². The Bertz CT molecular complexity index is 1220. The van der Waals surface area contributed by atoms with Gasteiger partial charge in [-0.2, -0.15) is 5.10 Å². The fourth-order valence-electron chi connectivity index (χ4n) is 3.19. The molecule has 0 atom stereocenters. The summed E-state index contributed by atoms with van der Waals surface area (Å²) in [6.45, 7) is 4.71. The Morgan fingerprint density at radius 3 is 2.73 bits per heavy atom. The van der Waals surface area contributed by atoms with Crippen LogP contribution in [0.25, 0.3) is 11.3 Å². The fourth-order valence-corrected chi connectivity index (χ4v) is 3.19. The van der Waals surface area contributed by atoms with Crippen LogP contribution < -0.4 is 10.6 Å². The van der Waals surface area contributed by atoms with E-state index in [0.29, 0.717) is 24.3 Å². The molecule has 30 heavy (non-hydrogen) atoms. The number of benzene rings is 1. The van der Waals surface area contributed by atoms with Gasteiger partial charge in [0.1, 0.15) is 5.69 Å². The summed E-state index contributed by atoms with van der Waals surface area (Å²) in [6, 6.07) is 11.5. The van der Waals surface area contributed by atoms with Crippen molar-refractivity contribution in [2.75, 3.05) is 6.54 Å². The Hall–Kier alpha value is -3.94. The zero-order chi connectivity index (χ0) is 21.1. The van der Waals surface area contributed by atoms with Crippen molar-refractivity contribution < 1.29 is 9.59 Å². The van der Waals surface area contributed by atoms with E-state index >= 15 is 0 Å². The molecule has 0 saturated carbocycles. The molecule has 8 heteroatoms. The van der Waals surface area contributed by atoms with Crippen molar-refractivity contribution >= 4 is 17.5 Å². The minimum Gasteiger partial charge on any atom is -0.351 e. The van der Waals surface area contributed by atoms with Crippen molar-refractivity contribution in [3.63, 3.8) is 0 Å². The van der Waals surface area contributed by atoms with Gasteiger partial charge >= 0.3 is 0 Å². The van der Waals surface area contributed by atoms with Crippen LogP contribution in [0.2, 0.25) is 0 Å². The predicted octanol–water partition coefficient (Wildman–Crippen LogP) is 2.51. The van der Waals surface area contributed by atoms with Gasteiger partial charge in [0, 0.05) is 37.2 Å². The predicted molar refractivity (Wildman–Crippen MR) is 113 cm³/mol. The van der Waals surface area contributed by atoms with E-state index < -0.39 is 0 Å². The molecule has 0 bridgehead atoms. The van der Waals surface area contributed by atoms with E-state index in [1.165, 1.54) is 0 Å². The number of imidazole rings is 1. The number of nitrogens with zero attached hydrogens (tertiary/aromatic N) is 4. The van der Waals surface area contributed by atoms with Gasteiger partial charge in [-0.15, -0.1) is 0 Å². The van der Waals surface area contributed by atoms with Gasteiger partial charge in [-0.3, -0.25) is 9.59 Å². The molecule has 0 saturated heterocycles. The zero-order valence-electron chi connectivity index (χ0n) is 16.8. The molecule has 0 unspecified atom stereocenters. The van der Waals surface area contributed by atoms with Crippen LogP contribution in [0.4, 0.5) is 0 Å². The second-order valence-electron chi connectivity index (χ2n) is 6.95. The molecule has 8 nitrogen and oxygen atoms in total. The summed E-state index contributed by atoms with van der Waals surface area (Å²) >= 11 is 0. The second kappa shape index (κ2) is 8.20. The topological polar surface area (TPSA) is 93.3 Å². The maximum absolute atomic E-state index is 12.8. The lowest BCUT2D eigenvalue weighted by Crippen LogP contribution is -2.23. The van der Waals surface area contributed by atoms with E-state index in [2.05, 4.69) is 20.7 Å². The molecule has 0 fully saturated rings. The third-order valence-electron chi connectivity index (χ3n) is 4.65. The Balaban J connectivity index is 1.49. The number of hydrogen-bond donors (Lipinski definition) is 2. The van der Waals surface area contributed by atoms with Crippen LogP contribution in [-0.4, -0.2) is 37.5 Å². The van der Waals surface area contributed by atoms with Gasteiger partial charge in [-0.25, -0.2) is 9.67 Å². The molecule has 1 aromatic carbocycles. The summed E-state index contributed by atoms with van der Waals surface area (Å²) in [7, 11) is 0. The van der Waals surface area contributed by atoms with Crippen molar-refractivity contribution in [3.05, 3.63) is 83.6 Å². The highest BCUT2D eigenvalue weighted by Crippen LogP contribution is 2.13. The lowest BCUT2D eigenvalue weighted by atomic mass is 10.2. The molecular formula is C22H22N6O2. The standard InChI is InChI=1S/C22H22N6O2/c1-3-23-22(30)19-14-27-9-5-8-18(20(27)26-19)21(29)24-11-16-12-25-28(13-16)17-7-4-6-15(2)10-17/h4-10,12-14H,3,11H2,1-2H3,(H,23,30)(H,24,29). The van der Waals surface area contributed by atoms with Crippen LogP contribution in [-0.2, 0) is 6.54 Å². The van der Waals surface area contributed by atoms with Gasteiger partial charge in [0.05, 0.1) is 17.4 Å². The number of fused-ring (bicyclic) bond motifs is 1. The minimum atomic E-state index is -0.267. The third kappa shape index (κ3) is 3.93. The monoisotopic (exact) mass is 402 g/mol. The molecule has 0 aliphatic carbocycles. The number of pyridine rings is 1. The second-order valence-corrected chi connectivity index (χ2v) is 6.95. The SMILES string of the molecule is CCNC(=O)c1cn2cccc(C(=O)NCc3cnn(-c4cccc(C)c4)c3)c2n1. The third-order valence-corrected chi connectivity index (χ3v) is 4.65. The first-order valence-electron chi connectivity index (χ1n) is 9.70. The van der Waals surface area contributed by atoms with Crippen LogP contribution in [0, 0.1) is 6.92 Å². The lowest BCUT2D eigenvalue weighted by Gasteiger charge is -2.05. The fraction of sp³-hybridized carbons (Fsp3) is 0.182. The van der Waals surface area contributed by atoms with Crippen LogP contribution in [0.3, 0.4) is 0 Å². The summed E-state index contributed by atoms with van der Waals surface area (Å²) in [4.78, 5) is 29.1. The summed E-state index contributed by atoms with van der Waals surface area (Å²) < 4.78 is 3.46. The van der Waals surface area contributed by atoms with E-state index in [-0.39, 0.29) is 17.5 Å². The average Bonchev–Trinajstić information content (AvgIpc) is 3.39. The van der Waals surface area contributed by atoms with Gasteiger partial charge in [-0.05, 0) is 43.7 Å². The van der Waals surface area contributed by atoms with Crippen LogP contribution in [0.1, 0.15) is 38.9 Å².